The van der Waals surface area contributed by atoms with Gasteiger partial charge in [-0.15, -0.1) is 144 Å². The van der Waals surface area contributed by atoms with Gasteiger partial charge in [-0.25, -0.2) is 0 Å². The molecule has 0 amide bonds. The molecule has 0 saturated carbocycles. The SMILES string of the molecule is CC(O)=CC(C)O.CC(O)=CC(C)O.[Ir].[Ir].[c-]1ccccc1-c1ccc2ccccc2n1.[c-]1ccccc1-c1ccc2ccccc2n1.[c-]1ccccc1-c1nccc2ccccc12.[c-]1ccccc1-c1nccc2ccccc12. The molecule has 0 aliphatic heterocycles. The first kappa shape index (κ1) is 62.5. The van der Waals surface area contributed by atoms with Crippen molar-refractivity contribution in [3.63, 3.8) is 0 Å². The fourth-order valence-electron chi connectivity index (χ4n) is 7.99. The number of hydrogen-bond donors (Lipinski definition) is 4. The van der Waals surface area contributed by atoms with E-state index in [2.05, 4.69) is 92.7 Å². The van der Waals surface area contributed by atoms with Gasteiger partial charge in [-0.3, -0.25) is 9.97 Å². The molecule has 4 heterocycles. The predicted octanol–water partition coefficient (Wildman–Crippen LogP) is 16.5. The van der Waals surface area contributed by atoms with E-state index in [0.29, 0.717) is 0 Å². The molecule has 4 aromatic heterocycles. The minimum absolute atomic E-state index is 0. The van der Waals surface area contributed by atoms with Crippen LogP contribution in [0.25, 0.3) is 88.4 Å². The van der Waals surface area contributed by atoms with Crippen LogP contribution in [0.1, 0.15) is 27.7 Å². The maximum atomic E-state index is 8.49. The van der Waals surface area contributed by atoms with Gasteiger partial charge in [-0.2, -0.15) is 0 Å². The van der Waals surface area contributed by atoms with Crippen LogP contribution >= 0.6 is 0 Å². The zero-order valence-corrected chi connectivity index (χ0v) is 49.4. The molecule has 0 saturated heterocycles. The van der Waals surface area contributed by atoms with Gasteiger partial charge in [-0.05, 0) is 119 Å². The summed E-state index contributed by atoms with van der Waals surface area (Å²) in [5, 5.41) is 40.9. The Kier molecular flexibility index (Phi) is 26.0. The minimum atomic E-state index is -0.537. The van der Waals surface area contributed by atoms with Gasteiger partial charge in [0, 0.05) is 52.6 Å². The molecule has 12 aromatic rings. The summed E-state index contributed by atoms with van der Waals surface area (Å²) in [6.45, 7) is 6.21. The molecule has 8 nitrogen and oxygen atoms in total. The summed E-state index contributed by atoms with van der Waals surface area (Å²) in [6.07, 6.45) is 5.34. The number of fused-ring (bicyclic) bond motifs is 4. The molecule has 12 rings (SSSR count). The summed E-state index contributed by atoms with van der Waals surface area (Å²) in [5.74, 6) is 0.324. The minimum Gasteiger partial charge on any atom is -0.513 e. The van der Waals surface area contributed by atoms with E-state index in [9.17, 15) is 0 Å². The zero-order chi connectivity index (χ0) is 54.9. The van der Waals surface area contributed by atoms with Gasteiger partial charge in [0.15, 0.2) is 0 Å². The molecule has 0 bridgehead atoms. The number of benzene rings is 8. The Morgan fingerprint density at radius 3 is 1.00 bits per heavy atom. The molecule has 0 fully saturated rings. The van der Waals surface area contributed by atoms with E-state index in [-0.39, 0.29) is 51.7 Å². The number of aliphatic hydroxyl groups is 4. The van der Waals surface area contributed by atoms with Crippen molar-refractivity contribution in [2.24, 2.45) is 0 Å². The number of nitrogens with zero attached hydrogens (tertiary/aromatic N) is 4. The van der Waals surface area contributed by atoms with Crippen LogP contribution in [0.2, 0.25) is 0 Å². The average molecular weight is 1410 g/mol. The van der Waals surface area contributed by atoms with Gasteiger partial charge >= 0.3 is 0 Å². The molecule has 10 heteroatoms. The van der Waals surface area contributed by atoms with Crippen molar-refractivity contribution in [1.29, 1.82) is 0 Å². The molecule has 0 spiro atoms. The van der Waals surface area contributed by atoms with E-state index in [4.69, 9.17) is 20.4 Å². The summed E-state index contributed by atoms with van der Waals surface area (Å²) >= 11 is 0. The third kappa shape index (κ3) is 19.6. The smallest absolute Gasteiger partial charge is 0.0877 e. The first-order valence-electron chi connectivity index (χ1n) is 25.4. The van der Waals surface area contributed by atoms with E-state index >= 15 is 0 Å². The molecule has 2 atom stereocenters. The number of aromatic nitrogens is 4. The van der Waals surface area contributed by atoms with Crippen LogP contribution in [-0.4, -0.2) is 52.6 Å². The Labute approximate surface area is 496 Å². The van der Waals surface area contributed by atoms with E-state index in [1.54, 1.807) is 13.8 Å². The maximum Gasteiger partial charge on any atom is 0.0877 e. The Morgan fingerprint density at radius 1 is 0.375 bits per heavy atom. The number of rotatable bonds is 6. The maximum absolute atomic E-state index is 8.49. The fourth-order valence-corrected chi connectivity index (χ4v) is 7.99. The van der Waals surface area contributed by atoms with E-state index in [0.717, 1.165) is 56.1 Å². The van der Waals surface area contributed by atoms with E-state index < -0.39 is 12.2 Å². The Balaban J connectivity index is 0.000000181. The molecule has 80 heavy (non-hydrogen) atoms. The molecular weight excluding hydrogens is 1350 g/mol. The predicted molar refractivity (Wildman–Crippen MR) is 320 cm³/mol. The Morgan fingerprint density at radius 2 is 0.688 bits per heavy atom. The van der Waals surface area contributed by atoms with Crippen molar-refractivity contribution in [2.75, 3.05) is 0 Å². The number of hydrogen-bond acceptors (Lipinski definition) is 8. The van der Waals surface area contributed by atoms with Crippen LogP contribution in [0.5, 0.6) is 0 Å². The average Bonchev–Trinajstić information content (AvgIpc) is 3.48. The van der Waals surface area contributed by atoms with Crippen molar-refractivity contribution in [2.45, 2.75) is 39.9 Å². The van der Waals surface area contributed by atoms with Crippen molar-refractivity contribution < 1.29 is 60.6 Å². The summed E-state index contributed by atoms with van der Waals surface area (Å²) in [6, 6.07) is 89.6. The van der Waals surface area contributed by atoms with Crippen LogP contribution in [0.4, 0.5) is 0 Å². The first-order valence-corrected chi connectivity index (χ1v) is 25.4. The zero-order valence-electron chi connectivity index (χ0n) is 44.6. The van der Waals surface area contributed by atoms with Crippen LogP contribution in [-0.2, 0) is 40.2 Å². The van der Waals surface area contributed by atoms with Gasteiger partial charge in [0.05, 0.1) is 34.8 Å². The van der Waals surface area contributed by atoms with Crippen molar-refractivity contribution in [1.82, 2.24) is 19.9 Å². The van der Waals surface area contributed by atoms with Gasteiger partial charge in [-0.1, -0.05) is 109 Å². The van der Waals surface area contributed by atoms with E-state index in [1.807, 2.05) is 194 Å². The van der Waals surface area contributed by atoms with Crippen molar-refractivity contribution in [3.05, 3.63) is 291 Å². The monoisotopic (exact) mass is 1410 g/mol. The van der Waals surface area contributed by atoms with Crippen LogP contribution in [0.3, 0.4) is 0 Å². The summed E-state index contributed by atoms with van der Waals surface area (Å²) in [5.41, 5.74) is 10.1. The quantitative estimate of drug-likeness (QED) is 0.0956. The second-order valence-electron chi connectivity index (χ2n) is 17.7. The third-order valence-electron chi connectivity index (χ3n) is 11.4. The number of pyridine rings is 4. The standard InChI is InChI=1S/4C15H10N.2C5H10O2.2Ir/c2*1-2-7-13(8-3-1)15-14-9-5-4-6-12(14)10-11-16-15;2*1-2-6-12(7-3-1)15-11-10-13-8-4-5-9-14(13)16-15;2*1-4(6)3-5(2)7;;/h2*1-7,9-11H;2*1-6,8-11H;2*3-4,6-7H,1-2H3;;/q4*-1;;;;. The summed E-state index contributed by atoms with van der Waals surface area (Å²) in [4.78, 5) is 18.1. The molecule has 0 aliphatic carbocycles. The molecule has 2 radical (unpaired) electrons. The molecule has 8 aromatic carbocycles. The number of allylic oxidation sites excluding steroid dienone is 2. The van der Waals surface area contributed by atoms with Gasteiger partial charge in [0.25, 0.3) is 0 Å². The summed E-state index contributed by atoms with van der Waals surface area (Å²) in [7, 11) is 0. The number of para-hydroxylation sites is 2. The summed E-state index contributed by atoms with van der Waals surface area (Å²) < 4.78 is 0. The Hall–Kier alpha value is -8.30. The molecule has 0 aliphatic rings. The normalized spacial score (nSPS) is 11.3. The van der Waals surface area contributed by atoms with Crippen molar-refractivity contribution in [3.8, 4) is 45.0 Å². The Bertz CT molecular complexity index is 3530. The van der Waals surface area contributed by atoms with E-state index in [1.165, 1.54) is 58.3 Å². The first-order chi connectivity index (χ1) is 38.0. The van der Waals surface area contributed by atoms with Crippen LogP contribution in [0, 0.1) is 24.3 Å². The molecule has 2 unspecified atom stereocenters. The van der Waals surface area contributed by atoms with Gasteiger partial charge in [0.2, 0.25) is 0 Å². The topological polar surface area (TPSA) is 132 Å². The van der Waals surface area contributed by atoms with Crippen LogP contribution in [0.15, 0.2) is 267 Å². The van der Waals surface area contributed by atoms with Crippen LogP contribution < -0.4 is 0 Å². The van der Waals surface area contributed by atoms with Gasteiger partial charge in [0.1, 0.15) is 0 Å². The largest absolute Gasteiger partial charge is 0.513 e. The molecular formula is C70H60Ir2N4O4-4. The fraction of sp³-hybridized carbons (Fsp3) is 0.0857. The number of aliphatic hydroxyl groups excluding tert-OH is 4. The van der Waals surface area contributed by atoms with Crippen molar-refractivity contribution >= 4 is 43.4 Å². The molecule has 406 valence electrons. The third-order valence-corrected chi connectivity index (χ3v) is 11.4. The second-order valence-corrected chi connectivity index (χ2v) is 17.7. The van der Waals surface area contributed by atoms with Gasteiger partial charge < -0.3 is 30.4 Å². The second kappa shape index (κ2) is 33.2. The molecule has 4 N–H and O–H groups in total.